The van der Waals surface area contributed by atoms with Crippen molar-refractivity contribution in [1.82, 2.24) is 19.2 Å². The molecule has 0 bridgehead atoms. The van der Waals surface area contributed by atoms with E-state index in [1.165, 1.54) is 14.7 Å². The molecule has 7 nitrogen and oxygen atoms in total. The minimum absolute atomic E-state index is 0.0463. The van der Waals surface area contributed by atoms with E-state index in [0.717, 1.165) is 35.0 Å². The Morgan fingerprint density at radius 2 is 1.83 bits per heavy atom. The van der Waals surface area contributed by atoms with Crippen LogP contribution in [0, 0.1) is 6.92 Å². The number of rotatable bonds is 4. The van der Waals surface area contributed by atoms with E-state index in [-0.39, 0.29) is 5.56 Å². The van der Waals surface area contributed by atoms with Gasteiger partial charge in [0.2, 0.25) is 10.0 Å². The number of nitrogens with zero attached hydrogens (tertiary/aromatic N) is 3. The summed E-state index contributed by atoms with van der Waals surface area (Å²) in [5, 5.41) is 0.769. The van der Waals surface area contributed by atoms with Gasteiger partial charge in [0.1, 0.15) is 10.7 Å². The summed E-state index contributed by atoms with van der Waals surface area (Å²) in [6.07, 6.45) is 3.13. The molecule has 1 aliphatic heterocycles. The molecule has 3 heterocycles. The van der Waals surface area contributed by atoms with E-state index in [4.69, 9.17) is 4.98 Å². The van der Waals surface area contributed by atoms with Crippen LogP contribution >= 0.6 is 11.3 Å². The van der Waals surface area contributed by atoms with Crippen LogP contribution < -0.4 is 5.56 Å². The fourth-order valence-electron chi connectivity index (χ4n) is 4.32. The number of fused-ring (bicyclic) bond motifs is 3. The standard InChI is InChI=1S/C21H24N4O3S2/c1-14-5-7-15(8-6-14)30(27,28)25-11-9-24(10-12-25)13-18-22-20(26)19-16-3-2-4-17(16)29-21(19)23-18/h5-8H,2-4,9-13H2,1H3,(H,22,23,26). The number of aryl methyl sites for hydroxylation is 3. The quantitative estimate of drug-likeness (QED) is 0.667. The third-order valence-electron chi connectivity index (χ3n) is 5.99. The maximum atomic E-state index is 12.9. The van der Waals surface area contributed by atoms with Crippen LogP contribution in [0.3, 0.4) is 0 Å². The molecule has 1 aliphatic carbocycles. The van der Waals surface area contributed by atoms with Crippen LogP contribution in [0.2, 0.25) is 0 Å². The van der Waals surface area contributed by atoms with Gasteiger partial charge in [-0.3, -0.25) is 9.69 Å². The van der Waals surface area contributed by atoms with E-state index in [1.807, 2.05) is 19.1 Å². The van der Waals surface area contributed by atoms with E-state index in [0.29, 0.717) is 43.4 Å². The van der Waals surface area contributed by atoms with Gasteiger partial charge < -0.3 is 4.98 Å². The molecule has 5 rings (SSSR count). The molecular formula is C21H24N4O3S2. The Hall–Kier alpha value is -2.07. The number of hydrogen-bond acceptors (Lipinski definition) is 6. The van der Waals surface area contributed by atoms with Crippen molar-refractivity contribution in [2.24, 2.45) is 0 Å². The first kappa shape index (κ1) is 19.9. The molecule has 0 amide bonds. The van der Waals surface area contributed by atoms with Gasteiger partial charge in [-0.2, -0.15) is 4.31 Å². The summed E-state index contributed by atoms with van der Waals surface area (Å²) in [5.74, 6) is 0.655. The number of hydrogen-bond donors (Lipinski definition) is 1. The monoisotopic (exact) mass is 444 g/mol. The lowest BCUT2D eigenvalue weighted by atomic mass is 10.2. The summed E-state index contributed by atoms with van der Waals surface area (Å²) in [4.78, 5) is 24.9. The van der Waals surface area contributed by atoms with Crippen LogP contribution in [0.4, 0.5) is 0 Å². The molecule has 1 N–H and O–H groups in total. The highest BCUT2D eigenvalue weighted by molar-refractivity contribution is 7.89. The van der Waals surface area contributed by atoms with E-state index in [1.54, 1.807) is 23.5 Å². The Balaban J connectivity index is 1.28. The second kappa shape index (κ2) is 7.56. The van der Waals surface area contributed by atoms with Crippen molar-refractivity contribution in [1.29, 1.82) is 0 Å². The van der Waals surface area contributed by atoms with Gasteiger partial charge >= 0.3 is 0 Å². The zero-order valence-corrected chi connectivity index (χ0v) is 18.5. The summed E-state index contributed by atoms with van der Waals surface area (Å²) in [6.45, 7) is 4.52. The number of thiophene rings is 1. The van der Waals surface area contributed by atoms with Crippen LogP contribution in [-0.2, 0) is 29.4 Å². The Kier molecular flexibility index (Phi) is 5.01. The number of nitrogens with one attached hydrogen (secondary N) is 1. The fourth-order valence-corrected chi connectivity index (χ4v) is 7.02. The molecule has 158 valence electrons. The maximum absolute atomic E-state index is 12.9. The normalized spacial score (nSPS) is 18.2. The molecule has 0 spiro atoms. The van der Waals surface area contributed by atoms with Crippen molar-refractivity contribution in [3.63, 3.8) is 0 Å². The van der Waals surface area contributed by atoms with Gasteiger partial charge in [-0.25, -0.2) is 13.4 Å². The highest BCUT2D eigenvalue weighted by Crippen LogP contribution is 2.34. The van der Waals surface area contributed by atoms with Gasteiger partial charge in [0.15, 0.2) is 0 Å². The molecule has 2 aromatic heterocycles. The molecule has 1 saturated heterocycles. The molecule has 9 heteroatoms. The first-order valence-electron chi connectivity index (χ1n) is 10.2. The minimum Gasteiger partial charge on any atom is -0.309 e. The lowest BCUT2D eigenvalue weighted by Gasteiger charge is -2.33. The number of aromatic amines is 1. The largest absolute Gasteiger partial charge is 0.309 e. The fraction of sp³-hybridized carbons (Fsp3) is 0.429. The van der Waals surface area contributed by atoms with Crippen LogP contribution in [0.25, 0.3) is 10.2 Å². The second-order valence-corrected chi connectivity index (χ2v) is 11.1. The number of sulfonamides is 1. The first-order valence-corrected chi connectivity index (χ1v) is 12.5. The second-order valence-electron chi connectivity index (χ2n) is 8.04. The zero-order chi connectivity index (χ0) is 20.9. The Bertz CT molecular complexity index is 1250. The van der Waals surface area contributed by atoms with Crippen molar-refractivity contribution in [3.8, 4) is 0 Å². The first-order chi connectivity index (χ1) is 14.4. The van der Waals surface area contributed by atoms with Gasteiger partial charge in [0.05, 0.1) is 16.8 Å². The molecule has 0 saturated carbocycles. The van der Waals surface area contributed by atoms with Crippen LogP contribution in [0.1, 0.15) is 28.2 Å². The maximum Gasteiger partial charge on any atom is 0.259 e. The molecule has 0 unspecified atom stereocenters. The molecule has 2 aliphatic rings. The number of piperazine rings is 1. The van der Waals surface area contributed by atoms with Gasteiger partial charge in [-0.05, 0) is 43.9 Å². The molecule has 0 radical (unpaired) electrons. The Morgan fingerprint density at radius 3 is 2.57 bits per heavy atom. The third kappa shape index (κ3) is 3.49. The van der Waals surface area contributed by atoms with Crippen molar-refractivity contribution < 1.29 is 8.42 Å². The summed E-state index contributed by atoms with van der Waals surface area (Å²) in [7, 11) is -3.47. The lowest BCUT2D eigenvalue weighted by Crippen LogP contribution is -2.48. The number of H-pyrrole nitrogens is 1. The van der Waals surface area contributed by atoms with Crippen LogP contribution in [-0.4, -0.2) is 53.8 Å². The van der Waals surface area contributed by atoms with Crippen molar-refractivity contribution in [2.75, 3.05) is 26.2 Å². The van der Waals surface area contributed by atoms with E-state index < -0.39 is 10.0 Å². The highest BCUT2D eigenvalue weighted by atomic mass is 32.2. The molecule has 0 atom stereocenters. The van der Waals surface area contributed by atoms with Crippen molar-refractivity contribution in [3.05, 3.63) is 56.4 Å². The highest BCUT2D eigenvalue weighted by Gasteiger charge is 2.29. The summed E-state index contributed by atoms with van der Waals surface area (Å²) >= 11 is 1.64. The Labute approximate surface area is 179 Å². The molecule has 3 aromatic rings. The third-order valence-corrected chi connectivity index (χ3v) is 9.09. The van der Waals surface area contributed by atoms with E-state index in [2.05, 4.69) is 9.88 Å². The number of benzene rings is 1. The molecule has 30 heavy (non-hydrogen) atoms. The summed E-state index contributed by atoms with van der Waals surface area (Å²) in [5.41, 5.74) is 2.17. The smallest absolute Gasteiger partial charge is 0.259 e. The Morgan fingerprint density at radius 1 is 1.10 bits per heavy atom. The lowest BCUT2D eigenvalue weighted by molar-refractivity contribution is 0.178. The van der Waals surface area contributed by atoms with Gasteiger partial charge in [-0.15, -0.1) is 11.3 Å². The summed E-state index contributed by atoms with van der Waals surface area (Å²) in [6, 6.07) is 6.97. The molecule has 1 aromatic carbocycles. The van der Waals surface area contributed by atoms with Gasteiger partial charge in [-0.1, -0.05) is 17.7 Å². The van der Waals surface area contributed by atoms with Crippen LogP contribution in [0.15, 0.2) is 34.0 Å². The van der Waals surface area contributed by atoms with E-state index in [9.17, 15) is 13.2 Å². The zero-order valence-electron chi connectivity index (χ0n) is 16.8. The van der Waals surface area contributed by atoms with Crippen molar-refractivity contribution in [2.45, 2.75) is 37.6 Å². The minimum atomic E-state index is -3.47. The number of aromatic nitrogens is 2. The summed E-state index contributed by atoms with van der Waals surface area (Å²) < 4.78 is 27.3. The topological polar surface area (TPSA) is 86.4 Å². The van der Waals surface area contributed by atoms with Crippen molar-refractivity contribution >= 4 is 31.6 Å². The molecular weight excluding hydrogens is 420 g/mol. The average Bonchev–Trinajstić information content (AvgIpc) is 3.29. The predicted octanol–water partition coefficient (Wildman–Crippen LogP) is 2.29. The average molecular weight is 445 g/mol. The van der Waals surface area contributed by atoms with Gasteiger partial charge in [0, 0.05) is 31.1 Å². The molecule has 1 fully saturated rings. The van der Waals surface area contributed by atoms with E-state index >= 15 is 0 Å². The SMILES string of the molecule is Cc1ccc(S(=O)(=O)N2CCN(Cc3nc4sc5c(c4c(=O)[nH]3)CCC5)CC2)cc1. The predicted molar refractivity (Wildman–Crippen MR) is 117 cm³/mol. The van der Waals surface area contributed by atoms with Gasteiger partial charge in [0.25, 0.3) is 5.56 Å². The van der Waals surface area contributed by atoms with Crippen LogP contribution in [0.5, 0.6) is 0 Å².